The Bertz CT molecular complexity index is 6.00. The van der Waals surface area contributed by atoms with E-state index in [1.54, 1.807) is 0 Å². The van der Waals surface area contributed by atoms with Crippen LogP contribution in [0.25, 0.3) is 0 Å². The molecule has 0 saturated heterocycles. The van der Waals surface area contributed by atoms with Crippen molar-refractivity contribution >= 4 is 0 Å². The molecule has 0 atom stereocenters. The third-order valence-electron chi connectivity index (χ3n) is 0. The molecule has 0 radical (unpaired) electrons. The van der Waals surface area contributed by atoms with Gasteiger partial charge in [-0.25, -0.2) is 0 Å². The van der Waals surface area contributed by atoms with Crippen molar-refractivity contribution in [2.75, 3.05) is 0 Å². The predicted octanol–water partition coefficient (Wildman–Crippen LogP) is -2.20. The quantitative estimate of drug-likeness (QED) is 0.283. The van der Waals surface area contributed by atoms with Gasteiger partial charge in [0, 0.05) is 0 Å². The standard InChI is InChI=1S/C2H4.ClH.Rh/c1-2;;/h1-2H2;1H;/q;;+3/p-1. The normalized spacial score (nSPS) is 1.00. The molecule has 4 heavy (non-hydrogen) atoms. The van der Waals surface area contributed by atoms with Gasteiger partial charge >= 0.3 is 19.5 Å². The van der Waals surface area contributed by atoms with E-state index in [-0.39, 0.29) is 31.9 Å². The first kappa shape index (κ1) is 22.7. The first-order valence-corrected chi connectivity index (χ1v) is 0.500. The van der Waals surface area contributed by atoms with Crippen molar-refractivity contribution in [2.45, 2.75) is 0 Å². The van der Waals surface area contributed by atoms with Crippen LogP contribution < -0.4 is 12.4 Å². The van der Waals surface area contributed by atoms with Gasteiger partial charge in [-0.05, 0) is 0 Å². The maximum absolute atomic E-state index is 3.00. The molecule has 0 unspecified atom stereocenters. The molecule has 26 valence electrons. The maximum Gasteiger partial charge on any atom is 3.00 e. The maximum atomic E-state index is 3.00. The van der Waals surface area contributed by atoms with Crippen LogP contribution >= 0.6 is 0 Å². The van der Waals surface area contributed by atoms with Crippen LogP contribution in [0.3, 0.4) is 0 Å². The van der Waals surface area contributed by atoms with E-state index in [4.69, 9.17) is 0 Å². The van der Waals surface area contributed by atoms with E-state index in [0.29, 0.717) is 0 Å². The van der Waals surface area contributed by atoms with Gasteiger partial charge in [0.25, 0.3) is 0 Å². The summed E-state index contributed by atoms with van der Waals surface area (Å²) in [5.41, 5.74) is 0. The second-order valence-corrected chi connectivity index (χ2v) is 0. The number of halogens is 1. The van der Waals surface area contributed by atoms with Gasteiger partial charge in [-0.2, -0.15) is 0 Å². The molecule has 0 nitrogen and oxygen atoms in total. The first-order chi connectivity index (χ1) is 1.00. The van der Waals surface area contributed by atoms with Crippen molar-refractivity contribution in [3.8, 4) is 0 Å². The molecule has 2 heteroatoms. The Kier molecular flexibility index (Phi) is 342. The van der Waals surface area contributed by atoms with Crippen LogP contribution in [0.2, 0.25) is 0 Å². The zero-order chi connectivity index (χ0) is 2.00. The molecule has 0 aromatic carbocycles. The molecule has 0 bridgehead atoms. The topological polar surface area (TPSA) is 0 Å². The Morgan fingerprint density at radius 3 is 1.00 bits per heavy atom. The molecule has 0 spiro atoms. The molecule has 0 heterocycles. The summed E-state index contributed by atoms with van der Waals surface area (Å²) in [5, 5.41) is 0. The minimum Gasteiger partial charge on any atom is -1.00 e. The summed E-state index contributed by atoms with van der Waals surface area (Å²) in [6.45, 7) is 6.00. The number of hydrogen-bond donors (Lipinski definition) is 0. The molecule has 0 fully saturated rings. The Hall–Kier alpha value is 0.653. The van der Waals surface area contributed by atoms with Crippen LogP contribution in [0.5, 0.6) is 0 Å². The van der Waals surface area contributed by atoms with E-state index in [9.17, 15) is 0 Å². The Morgan fingerprint density at radius 2 is 1.00 bits per heavy atom. The molecule has 0 aliphatic heterocycles. The van der Waals surface area contributed by atoms with Crippen molar-refractivity contribution in [1.29, 1.82) is 0 Å². The summed E-state index contributed by atoms with van der Waals surface area (Å²) in [4.78, 5) is 0. The summed E-state index contributed by atoms with van der Waals surface area (Å²) in [6.07, 6.45) is 0. The predicted molar refractivity (Wildman–Crippen MR) is 11.3 cm³/mol. The van der Waals surface area contributed by atoms with Crippen molar-refractivity contribution in [3.63, 3.8) is 0 Å². The van der Waals surface area contributed by atoms with Crippen molar-refractivity contribution in [2.24, 2.45) is 0 Å². The molecule has 0 aromatic rings. The van der Waals surface area contributed by atoms with Crippen molar-refractivity contribution in [3.05, 3.63) is 13.2 Å². The molecule has 0 saturated carbocycles. The third kappa shape index (κ3) is 17.0. The van der Waals surface area contributed by atoms with Crippen LogP contribution in [0, 0.1) is 0 Å². The van der Waals surface area contributed by atoms with Crippen molar-refractivity contribution in [1.82, 2.24) is 0 Å². The van der Waals surface area contributed by atoms with Crippen LogP contribution in [-0.2, 0) is 19.5 Å². The molecule has 0 aliphatic carbocycles. The van der Waals surface area contributed by atoms with E-state index in [1.807, 2.05) is 0 Å². The minimum absolute atomic E-state index is 0. The Morgan fingerprint density at radius 1 is 1.00 bits per heavy atom. The smallest absolute Gasteiger partial charge is 1.00 e. The summed E-state index contributed by atoms with van der Waals surface area (Å²) >= 11 is 0. The summed E-state index contributed by atoms with van der Waals surface area (Å²) in [5.74, 6) is 0. The van der Waals surface area contributed by atoms with Gasteiger partial charge in [-0.1, -0.05) is 0 Å². The second kappa shape index (κ2) is 60.3. The summed E-state index contributed by atoms with van der Waals surface area (Å²) in [6, 6.07) is 0. The van der Waals surface area contributed by atoms with Gasteiger partial charge in [0.2, 0.25) is 0 Å². The molecular weight excluding hydrogens is 162 g/mol. The van der Waals surface area contributed by atoms with E-state index in [0.717, 1.165) is 0 Å². The Labute approximate surface area is 45.5 Å². The second-order valence-electron chi connectivity index (χ2n) is 0. The van der Waals surface area contributed by atoms with Gasteiger partial charge < -0.3 is 12.4 Å². The van der Waals surface area contributed by atoms with Crippen LogP contribution in [0.4, 0.5) is 0 Å². The summed E-state index contributed by atoms with van der Waals surface area (Å²) in [7, 11) is 0. The number of rotatable bonds is 0. The fourth-order valence-corrected chi connectivity index (χ4v) is 0. The third-order valence-corrected chi connectivity index (χ3v) is 0. The molecule has 0 rings (SSSR count). The first-order valence-electron chi connectivity index (χ1n) is 0.500. The largest absolute Gasteiger partial charge is 3.00 e. The van der Waals surface area contributed by atoms with E-state index in [2.05, 4.69) is 13.2 Å². The van der Waals surface area contributed by atoms with Gasteiger partial charge in [0.05, 0.1) is 0 Å². The average Bonchev–Trinajstić information content (AvgIpc) is 1.00. The summed E-state index contributed by atoms with van der Waals surface area (Å²) < 4.78 is 0. The van der Waals surface area contributed by atoms with E-state index in [1.165, 1.54) is 0 Å². The molecule has 0 aliphatic rings. The fourth-order valence-electron chi connectivity index (χ4n) is 0. The van der Waals surface area contributed by atoms with Crippen LogP contribution in [-0.4, -0.2) is 0 Å². The molecular formula is C2H4ClRh+2. The van der Waals surface area contributed by atoms with E-state index < -0.39 is 0 Å². The van der Waals surface area contributed by atoms with Crippen LogP contribution in [0.15, 0.2) is 13.2 Å². The molecule has 0 N–H and O–H groups in total. The average molecular weight is 166 g/mol. The van der Waals surface area contributed by atoms with Gasteiger partial charge in [-0.3, -0.25) is 0 Å². The number of hydrogen-bond acceptors (Lipinski definition) is 0. The fraction of sp³-hybridized carbons (Fsp3) is 0. The SMILES string of the molecule is C=C.[Cl-].[Rh+3]. The van der Waals surface area contributed by atoms with Gasteiger partial charge in [-0.15, -0.1) is 13.2 Å². The monoisotopic (exact) mass is 166 g/mol. The van der Waals surface area contributed by atoms with Gasteiger partial charge in [0.1, 0.15) is 0 Å². The van der Waals surface area contributed by atoms with Crippen LogP contribution in [0.1, 0.15) is 0 Å². The van der Waals surface area contributed by atoms with Crippen molar-refractivity contribution < 1.29 is 31.9 Å². The zero-order valence-corrected chi connectivity index (χ0v) is 4.52. The zero-order valence-electron chi connectivity index (χ0n) is 2.13. The minimum atomic E-state index is 0. The van der Waals surface area contributed by atoms with E-state index >= 15 is 0 Å². The van der Waals surface area contributed by atoms with Gasteiger partial charge in [0.15, 0.2) is 0 Å². The Balaban J connectivity index is -0.00000000500. The molecule has 0 aromatic heterocycles. The molecule has 0 amide bonds.